The molecule has 2 amide bonds. The summed E-state index contributed by atoms with van der Waals surface area (Å²) in [7, 11) is -2.49. The summed E-state index contributed by atoms with van der Waals surface area (Å²) in [5.41, 5.74) is 5.19. The van der Waals surface area contributed by atoms with Crippen LogP contribution in [0.15, 0.2) is 29.2 Å². The van der Waals surface area contributed by atoms with Crippen LogP contribution in [0.1, 0.15) is 0 Å². The molecule has 0 heterocycles. The van der Waals surface area contributed by atoms with Crippen LogP contribution < -0.4 is 15.8 Å². The zero-order valence-corrected chi connectivity index (χ0v) is 8.86. The topological polar surface area (TPSA) is 106 Å². The number of para-hydroxylation sites is 1. The fourth-order valence-electron chi connectivity index (χ4n) is 1.09. The van der Waals surface area contributed by atoms with Crippen LogP contribution in [-0.2, 0) is 10.0 Å². The van der Waals surface area contributed by atoms with E-state index in [4.69, 9.17) is 10.9 Å². The van der Waals surface area contributed by atoms with Gasteiger partial charge in [-0.1, -0.05) is 12.1 Å². The first kappa shape index (κ1) is 11.5. The van der Waals surface area contributed by atoms with Crippen LogP contribution in [0, 0.1) is 0 Å². The molecule has 4 N–H and O–H groups in total. The molecule has 0 aliphatic rings. The maximum atomic E-state index is 11.2. The molecule has 1 aromatic rings. The summed E-state index contributed by atoms with van der Waals surface area (Å²) in [5, 5.41) is 4.99. The van der Waals surface area contributed by atoms with Gasteiger partial charge in [-0.15, -0.1) is 0 Å². The first-order chi connectivity index (χ1) is 6.84. The summed E-state index contributed by atoms with van der Waals surface area (Å²) >= 11 is 0. The molecule has 0 spiro atoms. The highest BCUT2D eigenvalue weighted by Gasteiger charge is 2.18. The molecule has 82 valence electrons. The number of nitrogens with two attached hydrogens (primary N) is 2. The lowest BCUT2D eigenvalue weighted by atomic mass is 10.3. The van der Waals surface area contributed by atoms with Gasteiger partial charge in [-0.2, -0.15) is 0 Å². The third-order valence-corrected chi connectivity index (χ3v) is 2.82. The van der Waals surface area contributed by atoms with Crippen LogP contribution in [0.5, 0.6) is 0 Å². The quantitative estimate of drug-likeness (QED) is 0.736. The number of amides is 2. The average Bonchev–Trinajstić information content (AvgIpc) is 2.15. The van der Waals surface area contributed by atoms with E-state index in [0.717, 1.165) is 4.90 Å². The second-order valence-corrected chi connectivity index (χ2v) is 4.44. The molecule has 0 atom stereocenters. The summed E-state index contributed by atoms with van der Waals surface area (Å²) < 4.78 is 22.4. The Morgan fingerprint density at radius 3 is 2.33 bits per heavy atom. The van der Waals surface area contributed by atoms with Gasteiger partial charge in [0.05, 0.1) is 5.69 Å². The number of hydrogen-bond donors (Lipinski definition) is 2. The molecule has 15 heavy (non-hydrogen) atoms. The van der Waals surface area contributed by atoms with E-state index in [1.54, 1.807) is 6.07 Å². The predicted molar refractivity (Wildman–Crippen MR) is 55.8 cm³/mol. The largest absolute Gasteiger partial charge is 0.351 e. The molecule has 7 heteroatoms. The molecular weight excluding hydrogens is 218 g/mol. The fraction of sp³-hybridized carbons (Fsp3) is 0.125. The molecule has 6 nitrogen and oxygen atoms in total. The first-order valence-electron chi connectivity index (χ1n) is 3.99. The van der Waals surface area contributed by atoms with Crippen molar-refractivity contribution < 1.29 is 13.2 Å². The van der Waals surface area contributed by atoms with Crippen LogP contribution in [0.4, 0.5) is 10.5 Å². The maximum Gasteiger partial charge on any atom is 0.319 e. The van der Waals surface area contributed by atoms with Gasteiger partial charge in [-0.25, -0.2) is 18.4 Å². The molecule has 1 aromatic carbocycles. The molecule has 0 radical (unpaired) electrons. The van der Waals surface area contributed by atoms with Gasteiger partial charge in [0.1, 0.15) is 4.90 Å². The number of urea groups is 1. The summed E-state index contributed by atoms with van der Waals surface area (Å²) in [6.45, 7) is 0. The number of primary amides is 1. The summed E-state index contributed by atoms with van der Waals surface area (Å²) in [4.78, 5) is 11.8. The Kier molecular flexibility index (Phi) is 2.96. The SMILES string of the molecule is CN(C(N)=O)c1ccccc1S(N)(=O)=O. The lowest BCUT2D eigenvalue weighted by Crippen LogP contribution is -2.33. The van der Waals surface area contributed by atoms with Gasteiger partial charge in [0.25, 0.3) is 0 Å². The third kappa shape index (κ3) is 2.45. The predicted octanol–water partition coefficient (Wildman–Crippen LogP) is -0.151. The first-order valence-corrected chi connectivity index (χ1v) is 5.53. The van der Waals surface area contributed by atoms with E-state index in [2.05, 4.69) is 0 Å². The number of hydrogen-bond acceptors (Lipinski definition) is 3. The molecule has 0 aromatic heterocycles. The molecule has 0 aliphatic heterocycles. The smallest absolute Gasteiger partial charge is 0.319 e. The monoisotopic (exact) mass is 229 g/mol. The molecular formula is C8H11N3O3S. The lowest BCUT2D eigenvalue weighted by molar-refractivity contribution is 0.255. The van der Waals surface area contributed by atoms with Crippen molar-refractivity contribution in [2.75, 3.05) is 11.9 Å². The summed E-state index contributed by atoms with van der Waals surface area (Å²) in [6.07, 6.45) is 0. The molecule has 1 rings (SSSR count). The molecule has 0 aliphatic carbocycles. The Morgan fingerprint density at radius 1 is 1.33 bits per heavy atom. The van der Waals surface area contributed by atoms with Crippen molar-refractivity contribution in [2.45, 2.75) is 4.90 Å². The van der Waals surface area contributed by atoms with Crippen molar-refractivity contribution in [3.05, 3.63) is 24.3 Å². The van der Waals surface area contributed by atoms with Crippen molar-refractivity contribution in [2.24, 2.45) is 10.9 Å². The van der Waals surface area contributed by atoms with Crippen molar-refractivity contribution >= 4 is 21.7 Å². The van der Waals surface area contributed by atoms with Gasteiger partial charge in [-0.05, 0) is 12.1 Å². The van der Waals surface area contributed by atoms with Crippen molar-refractivity contribution in [1.82, 2.24) is 0 Å². The van der Waals surface area contributed by atoms with E-state index in [0.29, 0.717) is 0 Å². The zero-order chi connectivity index (χ0) is 11.6. The average molecular weight is 229 g/mol. The Bertz CT molecular complexity index is 484. The molecule has 0 fully saturated rings. The highest BCUT2D eigenvalue weighted by molar-refractivity contribution is 7.89. The number of primary sulfonamides is 1. The number of nitrogens with zero attached hydrogens (tertiary/aromatic N) is 1. The van der Waals surface area contributed by atoms with Gasteiger partial charge in [0.2, 0.25) is 10.0 Å². The van der Waals surface area contributed by atoms with E-state index < -0.39 is 16.1 Å². The standard InChI is InChI=1S/C8H11N3O3S/c1-11(8(9)12)6-4-2-3-5-7(6)15(10,13)14/h2-5H,1H3,(H2,9,12)(H2,10,13,14). The minimum absolute atomic E-state index is 0.133. The molecule has 0 bridgehead atoms. The number of carbonyl (C=O) groups is 1. The van der Waals surface area contributed by atoms with Crippen molar-refractivity contribution in [3.8, 4) is 0 Å². The van der Waals surface area contributed by atoms with Crippen LogP contribution in [0.25, 0.3) is 0 Å². The number of sulfonamides is 1. The normalized spacial score (nSPS) is 11.1. The minimum Gasteiger partial charge on any atom is -0.351 e. The van der Waals surface area contributed by atoms with E-state index >= 15 is 0 Å². The number of anilines is 1. The number of rotatable bonds is 2. The van der Waals surface area contributed by atoms with Crippen LogP contribution in [-0.4, -0.2) is 21.5 Å². The van der Waals surface area contributed by atoms with E-state index in [9.17, 15) is 13.2 Å². The fourth-order valence-corrected chi connectivity index (χ4v) is 1.86. The Morgan fingerprint density at radius 2 is 1.87 bits per heavy atom. The third-order valence-electron chi connectivity index (χ3n) is 1.86. The lowest BCUT2D eigenvalue weighted by Gasteiger charge is -2.16. The number of carbonyl (C=O) groups excluding carboxylic acids is 1. The second kappa shape index (κ2) is 3.87. The maximum absolute atomic E-state index is 11.2. The number of benzene rings is 1. The minimum atomic E-state index is -3.86. The van der Waals surface area contributed by atoms with Crippen LogP contribution in [0.3, 0.4) is 0 Å². The van der Waals surface area contributed by atoms with Gasteiger partial charge >= 0.3 is 6.03 Å². The molecule has 0 saturated heterocycles. The highest BCUT2D eigenvalue weighted by Crippen LogP contribution is 2.22. The van der Waals surface area contributed by atoms with Crippen molar-refractivity contribution in [1.29, 1.82) is 0 Å². The van der Waals surface area contributed by atoms with Gasteiger partial charge in [-0.3, -0.25) is 4.90 Å². The van der Waals surface area contributed by atoms with Crippen LogP contribution in [0.2, 0.25) is 0 Å². The highest BCUT2D eigenvalue weighted by atomic mass is 32.2. The Balaban J connectivity index is 3.37. The van der Waals surface area contributed by atoms with Gasteiger partial charge in [0.15, 0.2) is 0 Å². The molecule has 0 unspecified atom stereocenters. The molecule has 0 saturated carbocycles. The van der Waals surface area contributed by atoms with E-state index in [-0.39, 0.29) is 10.6 Å². The van der Waals surface area contributed by atoms with E-state index in [1.165, 1.54) is 25.2 Å². The van der Waals surface area contributed by atoms with Crippen LogP contribution >= 0.6 is 0 Å². The summed E-state index contributed by atoms with van der Waals surface area (Å²) in [6, 6.07) is 5.10. The van der Waals surface area contributed by atoms with Gasteiger partial charge in [0, 0.05) is 7.05 Å². The summed E-state index contributed by atoms with van der Waals surface area (Å²) in [5.74, 6) is 0. The Hall–Kier alpha value is -1.60. The van der Waals surface area contributed by atoms with Crippen molar-refractivity contribution in [3.63, 3.8) is 0 Å². The zero-order valence-electron chi connectivity index (χ0n) is 8.04. The Labute approximate surface area is 87.5 Å². The van der Waals surface area contributed by atoms with E-state index in [1.807, 2.05) is 0 Å². The second-order valence-electron chi connectivity index (χ2n) is 2.91. The van der Waals surface area contributed by atoms with Gasteiger partial charge < -0.3 is 5.73 Å².